The normalized spacial score (nSPS) is 19.2. The van der Waals surface area contributed by atoms with Crippen molar-refractivity contribution in [3.63, 3.8) is 0 Å². The smallest absolute Gasteiger partial charge is 0.290 e. The molecular weight excluding hydrogens is 422 g/mol. The highest BCUT2D eigenvalue weighted by molar-refractivity contribution is 7.17. The number of rotatable bonds is 5. The first kappa shape index (κ1) is 20.6. The lowest BCUT2D eigenvalue weighted by Crippen LogP contribution is -2.38. The molecule has 2 aromatic heterocycles. The summed E-state index contributed by atoms with van der Waals surface area (Å²) in [5.74, 6) is -1.25. The van der Waals surface area contributed by atoms with Gasteiger partial charge in [-0.3, -0.25) is 14.6 Å². The van der Waals surface area contributed by atoms with Gasteiger partial charge in [-0.25, -0.2) is 4.98 Å². The van der Waals surface area contributed by atoms with Gasteiger partial charge in [0.05, 0.1) is 22.2 Å². The number of aromatic nitrogens is 2. The summed E-state index contributed by atoms with van der Waals surface area (Å²) in [7, 11) is 0. The molecule has 1 unspecified atom stereocenters. The van der Waals surface area contributed by atoms with Crippen molar-refractivity contribution in [2.75, 3.05) is 0 Å². The van der Waals surface area contributed by atoms with Gasteiger partial charge in [0, 0.05) is 24.0 Å². The SMILES string of the molecule is Cc1nc(-c2ccccc2)sc1C(=O)C1=C(O)C(=O)N(C2CCCC2)C1c1ccncc1. The van der Waals surface area contributed by atoms with Crippen molar-refractivity contribution >= 4 is 23.0 Å². The highest BCUT2D eigenvalue weighted by Gasteiger charge is 2.47. The fourth-order valence-corrected chi connectivity index (χ4v) is 5.75. The third-order valence-corrected chi connectivity index (χ3v) is 7.46. The standard InChI is InChI=1S/C25H23N3O3S/c1-15-23(32-24(27-15)17-7-3-2-4-8-17)21(29)19-20(16-11-13-26-14-12-16)28(25(31)22(19)30)18-9-5-6-10-18/h2-4,7-8,11-14,18,20,30H,5-6,9-10H2,1H3. The van der Waals surface area contributed by atoms with Crippen LogP contribution in [0, 0.1) is 6.92 Å². The number of carbonyl (C=O) groups is 2. The van der Waals surface area contributed by atoms with Gasteiger partial charge in [0.25, 0.3) is 5.91 Å². The number of aliphatic hydroxyl groups is 1. The van der Waals surface area contributed by atoms with Gasteiger partial charge >= 0.3 is 0 Å². The summed E-state index contributed by atoms with van der Waals surface area (Å²) in [6, 6.07) is 12.7. The van der Waals surface area contributed by atoms with Gasteiger partial charge in [0.2, 0.25) is 5.78 Å². The number of benzene rings is 1. The zero-order valence-corrected chi connectivity index (χ0v) is 18.5. The van der Waals surface area contributed by atoms with Gasteiger partial charge in [-0.1, -0.05) is 43.2 Å². The summed E-state index contributed by atoms with van der Waals surface area (Å²) in [4.78, 5) is 37.8. The fourth-order valence-electron chi connectivity index (χ4n) is 4.72. The molecule has 3 aromatic rings. The van der Waals surface area contributed by atoms with E-state index in [0.717, 1.165) is 41.8 Å². The first-order valence-electron chi connectivity index (χ1n) is 10.8. The number of carbonyl (C=O) groups excluding carboxylic acids is 2. The van der Waals surface area contributed by atoms with Crippen LogP contribution in [0.15, 0.2) is 66.2 Å². The predicted octanol–water partition coefficient (Wildman–Crippen LogP) is 5.03. The maximum Gasteiger partial charge on any atom is 0.290 e. The van der Waals surface area contributed by atoms with Crippen LogP contribution in [0.5, 0.6) is 0 Å². The number of pyridine rings is 1. The van der Waals surface area contributed by atoms with Crippen molar-refractivity contribution in [1.29, 1.82) is 0 Å². The lowest BCUT2D eigenvalue weighted by Gasteiger charge is -2.32. The molecule has 6 nitrogen and oxygen atoms in total. The second kappa shape index (κ2) is 8.31. The van der Waals surface area contributed by atoms with E-state index in [2.05, 4.69) is 9.97 Å². The van der Waals surface area contributed by atoms with Crippen LogP contribution in [0.2, 0.25) is 0 Å². The first-order chi connectivity index (χ1) is 15.6. The first-order valence-corrected chi connectivity index (χ1v) is 11.6. The van der Waals surface area contributed by atoms with Crippen LogP contribution in [0.4, 0.5) is 0 Å². The number of thiazole rings is 1. The largest absolute Gasteiger partial charge is 0.503 e. The van der Waals surface area contributed by atoms with E-state index in [-0.39, 0.29) is 17.4 Å². The molecule has 1 amide bonds. The van der Waals surface area contributed by atoms with Gasteiger partial charge in [-0.2, -0.15) is 0 Å². The highest BCUT2D eigenvalue weighted by Crippen LogP contribution is 2.44. The van der Waals surface area contributed by atoms with Gasteiger partial charge in [-0.05, 0) is 37.5 Å². The van der Waals surface area contributed by atoms with E-state index in [0.29, 0.717) is 10.6 Å². The van der Waals surface area contributed by atoms with Crippen molar-refractivity contribution in [3.8, 4) is 10.6 Å². The Bertz CT molecular complexity index is 1200. The third kappa shape index (κ3) is 3.42. The average Bonchev–Trinajstić information content (AvgIpc) is 3.54. The van der Waals surface area contributed by atoms with E-state index < -0.39 is 17.7 Å². The molecule has 1 fully saturated rings. The lowest BCUT2D eigenvalue weighted by atomic mass is 9.95. The van der Waals surface area contributed by atoms with E-state index in [1.165, 1.54) is 11.3 Å². The Hall–Kier alpha value is -3.32. The molecule has 0 spiro atoms. The van der Waals surface area contributed by atoms with Crippen LogP contribution in [-0.4, -0.2) is 37.7 Å². The van der Waals surface area contributed by atoms with Crippen LogP contribution in [0.25, 0.3) is 10.6 Å². The Morgan fingerprint density at radius 2 is 1.78 bits per heavy atom. The minimum absolute atomic E-state index is 0.00977. The number of ketones is 1. The number of hydrogen-bond donors (Lipinski definition) is 1. The van der Waals surface area contributed by atoms with E-state index in [9.17, 15) is 14.7 Å². The number of hydrogen-bond acceptors (Lipinski definition) is 6. The topological polar surface area (TPSA) is 83.4 Å². The Labute approximate surface area is 190 Å². The molecule has 1 aromatic carbocycles. The second-order valence-corrected chi connectivity index (χ2v) is 9.22. The monoisotopic (exact) mass is 445 g/mol. The molecule has 1 atom stereocenters. The van der Waals surface area contributed by atoms with Gasteiger partial charge < -0.3 is 10.0 Å². The third-order valence-electron chi connectivity index (χ3n) is 6.25. The van der Waals surface area contributed by atoms with E-state index >= 15 is 0 Å². The fraction of sp³-hybridized carbons (Fsp3) is 0.280. The van der Waals surface area contributed by atoms with Crippen molar-refractivity contribution in [1.82, 2.24) is 14.9 Å². The molecule has 32 heavy (non-hydrogen) atoms. The zero-order chi connectivity index (χ0) is 22.2. The van der Waals surface area contributed by atoms with Crippen molar-refractivity contribution in [2.24, 2.45) is 0 Å². The van der Waals surface area contributed by atoms with Crippen LogP contribution >= 0.6 is 11.3 Å². The molecule has 3 heterocycles. The maximum atomic E-state index is 13.8. The molecule has 1 saturated carbocycles. The van der Waals surface area contributed by atoms with Crippen molar-refractivity contribution in [3.05, 3.63) is 82.3 Å². The Morgan fingerprint density at radius 1 is 1.09 bits per heavy atom. The van der Waals surface area contributed by atoms with E-state index in [4.69, 9.17) is 0 Å². The van der Waals surface area contributed by atoms with Gasteiger partial charge in [0.1, 0.15) is 5.01 Å². The molecule has 0 bridgehead atoms. The molecule has 1 aliphatic carbocycles. The average molecular weight is 446 g/mol. The van der Waals surface area contributed by atoms with Crippen LogP contribution < -0.4 is 0 Å². The molecular formula is C25H23N3O3S. The van der Waals surface area contributed by atoms with Gasteiger partial charge in [0.15, 0.2) is 5.76 Å². The number of aryl methyl sites for hydroxylation is 1. The molecule has 0 radical (unpaired) electrons. The van der Waals surface area contributed by atoms with Crippen LogP contribution in [0.3, 0.4) is 0 Å². The summed E-state index contributed by atoms with van der Waals surface area (Å²) in [6.45, 7) is 1.79. The minimum Gasteiger partial charge on any atom is -0.503 e. The number of nitrogens with zero attached hydrogens (tertiary/aromatic N) is 3. The molecule has 0 saturated heterocycles. The maximum absolute atomic E-state index is 13.8. The summed E-state index contributed by atoms with van der Waals surface area (Å²) in [6.07, 6.45) is 7.12. The Morgan fingerprint density at radius 3 is 2.47 bits per heavy atom. The predicted molar refractivity (Wildman–Crippen MR) is 122 cm³/mol. The quantitative estimate of drug-likeness (QED) is 0.557. The zero-order valence-electron chi connectivity index (χ0n) is 17.7. The number of Topliss-reactive ketones (excluding diaryl/α,β-unsaturated/α-hetero) is 1. The number of amides is 1. The molecule has 7 heteroatoms. The summed E-state index contributed by atoms with van der Waals surface area (Å²) < 4.78 is 0. The highest BCUT2D eigenvalue weighted by atomic mass is 32.1. The Balaban J connectivity index is 1.58. The Kier molecular flexibility index (Phi) is 5.35. The molecule has 162 valence electrons. The van der Waals surface area contributed by atoms with E-state index in [1.54, 1.807) is 36.4 Å². The van der Waals surface area contributed by atoms with Gasteiger partial charge in [-0.15, -0.1) is 11.3 Å². The van der Waals surface area contributed by atoms with E-state index in [1.807, 2.05) is 30.3 Å². The van der Waals surface area contributed by atoms with Crippen LogP contribution in [-0.2, 0) is 4.79 Å². The molecule has 1 N–H and O–H groups in total. The molecule has 1 aliphatic heterocycles. The number of aliphatic hydroxyl groups excluding tert-OH is 1. The van der Waals surface area contributed by atoms with Crippen LogP contribution in [0.1, 0.15) is 52.7 Å². The lowest BCUT2D eigenvalue weighted by molar-refractivity contribution is -0.131. The summed E-state index contributed by atoms with van der Waals surface area (Å²) >= 11 is 1.29. The summed E-state index contributed by atoms with van der Waals surface area (Å²) in [5, 5.41) is 11.6. The molecule has 5 rings (SSSR count). The minimum atomic E-state index is -0.622. The summed E-state index contributed by atoms with van der Waals surface area (Å²) in [5.41, 5.74) is 2.44. The van der Waals surface area contributed by atoms with Crippen molar-refractivity contribution < 1.29 is 14.7 Å². The second-order valence-electron chi connectivity index (χ2n) is 8.22. The van der Waals surface area contributed by atoms with Crippen molar-refractivity contribution in [2.45, 2.75) is 44.7 Å². The molecule has 2 aliphatic rings.